The van der Waals surface area contributed by atoms with Crippen LogP contribution >= 0.6 is 0 Å². The quantitative estimate of drug-likeness (QED) is 0.459. The Morgan fingerprint density at radius 3 is 2.56 bits per heavy atom. The fraction of sp³-hybridized carbons (Fsp3) is 0.250. The molecule has 1 aliphatic rings. The molecule has 1 aliphatic heterocycles. The smallest absolute Gasteiger partial charge is 0.316 e. The van der Waals surface area contributed by atoms with Crippen LogP contribution in [0.3, 0.4) is 0 Å². The third-order valence-corrected chi connectivity index (χ3v) is 4.38. The maximum atomic E-state index is 13.9. The molecule has 0 radical (unpaired) electrons. The summed E-state index contributed by atoms with van der Waals surface area (Å²) in [4.78, 5) is 37.4. The normalized spacial score (nSPS) is 16.3. The number of esters is 1. The Labute approximate surface area is 155 Å². The number of nitrogens with zero attached hydrogens (tertiary/aromatic N) is 1. The number of carbonyl (C=O) groups is 3. The van der Waals surface area contributed by atoms with Crippen LogP contribution in [0.15, 0.2) is 42.5 Å². The van der Waals surface area contributed by atoms with E-state index in [1.165, 1.54) is 55.3 Å². The number of halogens is 1. The Balaban J connectivity index is 1.75. The van der Waals surface area contributed by atoms with Crippen LogP contribution in [-0.4, -0.2) is 31.3 Å². The molecule has 3 rings (SSSR count). The lowest BCUT2D eigenvalue weighted by atomic mass is 10.1. The fourth-order valence-electron chi connectivity index (χ4n) is 2.93. The Bertz CT molecular complexity index is 911. The topological polar surface area (TPSA) is 72.9 Å². The predicted octanol–water partition coefficient (Wildman–Crippen LogP) is 3.00. The van der Waals surface area contributed by atoms with E-state index in [4.69, 9.17) is 9.47 Å². The number of benzene rings is 2. The van der Waals surface area contributed by atoms with E-state index in [9.17, 15) is 18.8 Å². The van der Waals surface area contributed by atoms with E-state index in [-0.39, 0.29) is 41.8 Å². The third kappa shape index (κ3) is 3.81. The first-order chi connectivity index (χ1) is 12.9. The highest BCUT2D eigenvalue weighted by atomic mass is 19.1. The highest BCUT2D eigenvalue weighted by molar-refractivity contribution is 6.00. The van der Waals surface area contributed by atoms with Gasteiger partial charge in [0.2, 0.25) is 5.91 Å². The van der Waals surface area contributed by atoms with E-state index in [1.807, 2.05) is 0 Å². The van der Waals surface area contributed by atoms with Gasteiger partial charge in [0, 0.05) is 18.5 Å². The lowest BCUT2D eigenvalue weighted by molar-refractivity contribution is -0.139. The number of ketones is 1. The van der Waals surface area contributed by atoms with Crippen LogP contribution in [0.4, 0.5) is 10.1 Å². The molecule has 0 unspecified atom stereocenters. The number of hydrogen-bond donors (Lipinski definition) is 0. The van der Waals surface area contributed by atoms with Crippen LogP contribution < -0.4 is 14.4 Å². The summed E-state index contributed by atoms with van der Waals surface area (Å²) < 4.78 is 24.5. The molecular weight excluding hydrogens is 353 g/mol. The van der Waals surface area contributed by atoms with Gasteiger partial charge in [0.25, 0.3) is 0 Å². The highest BCUT2D eigenvalue weighted by Crippen LogP contribution is 2.32. The third-order valence-electron chi connectivity index (χ3n) is 4.38. The van der Waals surface area contributed by atoms with E-state index >= 15 is 0 Å². The molecule has 27 heavy (non-hydrogen) atoms. The minimum absolute atomic E-state index is 0.0342. The highest BCUT2D eigenvalue weighted by Gasteiger charge is 2.37. The second-order valence-electron chi connectivity index (χ2n) is 6.20. The molecule has 0 bridgehead atoms. The molecule has 0 N–H and O–H groups in total. The maximum absolute atomic E-state index is 13.9. The van der Waals surface area contributed by atoms with Crippen LogP contribution in [-0.2, 0) is 9.59 Å². The minimum atomic E-state index is -0.728. The number of anilines is 1. The number of carbonyl (C=O) groups excluding carboxylic acids is 3. The fourth-order valence-corrected chi connectivity index (χ4v) is 2.93. The standard InChI is InChI=1S/C20H18FNO5/c1-12(23)13-7-8-17(18(9-13)26-2)27-20(25)14-10-19(24)22(11-14)16-6-4-3-5-15(16)21/h3-9,14H,10-11H2,1-2H3/t14-/m1/s1. The molecule has 2 aromatic carbocycles. The molecule has 0 aliphatic carbocycles. The monoisotopic (exact) mass is 371 g/mol. The van der Waals surface area contributed by atoms with Gasteiger partial charge < -0.3 is 14.4 Å². The molecule has 1 saturated heterocycles. The van der Waals surface area contributed by atoms with E-state index in [0.29, 0.717) is 5.56 Å². The van der Waals surface area contributed by atoms with Crippen molar-refractivity contribution < 1.29 is 28.2 Å². The lowest BCUT2D eigenvalue weighted by Crippen LogP contribution is -2.28. The molecule has 1 fully saturated rings. The van der Waals surface area contributed by atoms with Crippen LogP contribution in [0.25, 0.3) is 0 Å². The van der Waals surface area contributed by atoms with Gasteiger partial charge in [-0.05, 0) is 37.3 Å². The SMILES string of the molecule is COc1cc(C(C)=O)ccc1OC(=O)[C@@H]1CC(=O)N(c2ccccc2F)C1. The molecule has 1 atom stereocenters. The molecule has 1 amide bonds. The summed E-state index contributed by atoms with van der Waals surface area (Å²) >= 11 is 0. The zero-order chi connectivity index (χ0) is 19.6. The molecule has 7 heteroatoms. The summed E-state index contributed by atoms with van der Waals surface area (Å²) in [6.45, 7) is 1.45. The zero-order valence-electron chi connectivity index (χ0n) is 14.9. The van der Waals surface area contributed by atoms with Crippen molar-refractivity contribution in [3.63, 3.8) is 0 Å². The number of methoxy groups -OCH3 is 1. The van der Waals surface area contributed by atoms with Crippen molar-refractivity contribution >= 4 is 23.3 Å². The van der Waals surface area contributed by atoms with Gasteiger partial charge >= 0.3 is 5.97 Å². The van der Waals surface area contributed by atoms with Crippen molar-refractivity contribution in [1.29, 1.82) is 0 Å². The predicted molar refractivity (Wildman–Crippen MR) is 95.5 cm³/mol. The number of para-hydroxylation sites is 1. The van der Waals surface area contributed by atoms with Crippen LogP contribution in [0.5, 0.6) is 11.5 Å². The molecular formula is C20H18FNO5. The number of ether oxygens (including phenoxy) is 2. The Morgan fingerprint density at radius 2 is 1.89 bits per heavy atom. The van der Waals surface area contributed by atoms with Crippen LogP contribution in [0.2, 0.25) is 0 Å². The van der Waals surface area contributed by atoms with Gasteiger partial charge in [0.15, 0.2) is 17.3 Å². The number of rotatable bonds is 5. The number of Topliss-reactive ketones (excluding diaryl/α,β-unsaturated/α-hetero) is 1. The zero-order valence-corrected chi connectivity index (χ0v) is 14.9. The Kier molecular flexibility index (Phi) is 5.21. The number of hydrogen-bond acceptors (Lipinski definition) is 5. The van der Waals surface area contributed by atoms with Crippen molar-refractivity contribution in [2.45, 2.75) is 13.3 Å². The van der Waals surface area contributed by atoms with Gasteiger partial charge in [-0.1, -0.05) is 12.1 Å². The van der Waals surface area contributed by atoms with Gasteiger partial charge in [0.1, 0.15) is 5.82 Å². The molecule has 6 nitrogen and oxygen atoms in total. The second kappa shape index (κ2) is 7.57. The average Bonchev–Trinajstić information content (AvgIpc) is 3.04. The van der Waals surface area contributed by atoms with Gasteiger partial charge in [-0.25, -0.2) is 4.39 Å². The van der Waals surface area contributed by atoms with E-state index in [2.05, 4.69) is 0 Å². The van der Waals surface area contributed by atoms with Crippen molar-refractivity contribution in [2.75, 3.05) is 18.6 Å². The van der Waals surface area contributed by atoms with E-state index in [1.54, 1.807) is 6.07 Å². The van der Waals surface area contributed by atoms with Crippen molar-refractivity contribution in [1.82, 2.24) is 0 Å². The Hall–Kier alpha value is -3.22. The van der Waals surface area contributed by atoms with Gasteiger partial charge in [-0.3, -0.25) is 14.4 Å². The summed E-state index contributed by atoms with van der Waals surface area (Å²) in [6.07, 6.45) is -0.0684. The summed E-state index contributed by atoms with van der Waals surface area (Å²) in [5.41, 5.74) is 0.564. The average molecular weight is 371 g/mol. The molecule has 0 saturated carbocycles. The maximum Gasteiger partial charge on any atom is 0.316 e. The van der Waals surface area contributed by atoms with Crippen LogP contribution in [0, 0.1) is 11.7 Å². The van der Waals surface area contributed by atoms with Crippen molar-refractivity contribution in [2.24, 2.45) is 5.92 Å². The van der Waals surface area contributed by atoms with E-state index < -0.39 is 17.7 Å². The van der Waals surface area contributed by atoms with Crippen molar-refractivity contribution in [3.05, 3.63) is 53.8 Å². The Morgan fingerprint density at radius 1 is 1.15 bits per heavy atom. The van der Waals surface area contributed by atoms with Gasteiger partial charge in [0.05, 0.1) is 18.7 Å². The van der Waals surface area contributed by atoms with E-state index in [0.717, 1.165) is 0 Å². The molecule has 140 valence electrons. The summed E-state index contributed by atoms with van der Waals surface area (Å²) in [6, 6.07) is 10.4. The van der Waals surface area contributed by atoms with Gasteiger partial charge in [-0.15, -0.1) is 0 Å². The molecule has 0 aromatic heterocycles. The second-order valence-corrected chi connectivity index (χ2v) is 6.20. The summed E-state index contributed by atoms with van der Waals surface area (Å²) in [5.74, 6) is -1.96. The largest absolute Gasteiger partial charge is 0.493 e. The minimum Gasteiger partial charge on any atom is -0.493 e. The first kappa shape index (κ1) is 18.6. The number of amides is 1. The summed E-state index contributed by atoms with van der Waals surface area (Å²) in [5, 5.41) is 0. The van der Waals surface area contributed by atoms with Gasteiger partial charge in [-0.2, -0.15) is 0 Å². The summed E-state index contributed by atoms with van der Waals surface area (Å²) in [7, 11) is 1.40. The lowest BCUT2D eigenvalue weighted by Gasteiger charge is -2.17. The molecule has 0 spiro atoms. The first-order valence-electron chi connectivity index (χ1n) is 8.36. The molecule has 1 heterocycles. The first-order valence-corrected chi connectivity index (χ1v) is 8.36. The molecule has 2 aromatic rings. The van der Waals surface area contributed by atoms with Crippen molar-refractivity contribution in [3.8, 4) is 11.5 Å². The van der Waals surface area contributed by atoms with Crippen LogP contribution in [0.1, 0.15) is 23.7 Å².